The number of nitrogens with zero attached hydrogens (tertiary/aromatic N) is 4. The van der Waals surface area contributed by atoms with Crippen LogP contribution in [0.1, 0.15) is 0 Å². The molecule has 0 saturated carbocycles. The van der Waals surface area contributed by atoms with E-state index in [1.165, 1.54) is 0 Å². The van der Waals surface area contributed by atoms with Gasteiger partial charge in [-0.3, -0.25) is 0 Å². The highest BCUT2D eigenvalue weighted by molar-refractivity contribution is 6.07. The lowest BCUT2D eigenvalue weighted by Gasteiger charge is -2.11. The van der Waals surface area contributed by atoms with Crippen molar-refractivity contribution in [1.82, 2.24) is 4.98 Å². The molecular formula is C14H11N5. The number of azide groups is 1. The number of nitrogens with one attached hydrogen (secondary N) is 1. The first-order valence-electron chi connectivity index (χ1n) is 5.92. The Morgan fingerprint density at radius 3 is 2.16 bits per heavy atom. The van der Waals surface area contributed by atoms with Gasteiger partial charge in [0.05, 0.1) is 23.4 Å². The highest BCUT2D eigenvalue weighted by Gasteiger charge is 2.07. The van der Waals surface area contributed by atoms with Crippen LogP contribution in [0.25, 0.3) is 32.2 Å². The summed E-state index contributed by atoms with van der Waals surface area (Å²) in [4.78, 5) is 7.38. The van der Waals surface area contributed by atoms with Crippen LogP contribution in [0.15, 0.2) is 53.6 Å². The van der Waals surface area contributed by atoms with E-state index in [2.05, 4.69) is 20.3 Å². The minimum atomic E-state index is 0.217. The first-order valence-corrected chi connectivity index (χ1v) is 5.92. The van der Waals surface area contributed by atoms with E-state index in [0.29, 0.717) is 0 Å². The normalized spacial score (nSPS) is 10.3. The lowest BCUT2D eigenvalue weighted by molar-refractivity contribution is 1.12. The van der Waals surface area contributed by atoms with Crippen molar-refractivity contribution in [3.63, 3.8) is 0 Å². The molecule has 0 radical (unpaired) electrons. The fourth-order valence-electron chi connectivity index (χ4n) is 2.18. The second-order valence-corrected chi connectivity index (χ2v) is 4.09. The summed E-state index contributed by atoms with van der Waals surface area (Å²) in [5, 5.41) is 8.75. The SMILES string of the molecule is [N-]=[N+]=NCNc1c2ccccc2nc2ccccc12. The van der Waals surface area contributed by atoms with Crippen molar-refractivity contribution in [3.05, 3.63) is 59.0 Å². The fraction of sp³-hybridized carbons (Fsp3) is 0.0714. The van der Waals surface area contributed by atoms with E-state index in [9.17, 15) is 0 Å². The molecule has 0 aliphatic heterocycles. The Morgan fingerprint density at radius 2 is 1.58 bits per heavy atom. The number of aromatic nitrogens is 1. The van der Waals surface area contributed by atoms with Gasteiger partial charge in [-0.1, -0.05) is 41.5 Å². The maximum Gasteiger partial charge on any atom is 0.0937 e. The smallest absolute Gasteiger partial charge is 0.0937 e. The molecule has 92 valence electrons. The number of para-hydroxylation sites is 2. The molecule has 0 aliphatic carbocycles. The van der Waals surface area contributed by atoms with Crippen molar-refractivity contribution in [1.29, 1.82) is 0 Å². The second-order valence-electron chi connectivity index (χ2n) is 4.09. The van der Waals surface area contributed by atoms with Gasteiger partial charge in [0.2, 0.25) is 0 Å². The molecular weight excluding hydrogens is 238 g/mol. The van der Waals surface area contributed by atoms with Crippen molar-refractivity contribution >= 4 is 27.5 Å². The molecule has 0 fully saturated rings. The average Bonchev–Trinajstić information content (AvgIpc) is 2.46. The highest BCUT2D eigenvalue weighted by atomic mass is 15.2. The van der Waals surface area contributed by atoms with Crippen LogP contribution in [0, 0.1) is 0 Å². The van der Waals surface area contributed by atoms with Gasteiger partial charge in [-0.15, -0.1) is 0 Å². The van der Waals surface area contributed by atoms with Crippen LogP contribution < -0.4 is 5.32 Å². The number of pyridine rings is 1. The second kappa shape index (κ2) is 4.84. The van der Waals surface area contributed by atoms with Crippen LogP contribution in [0.2, 0.25) is 0 Å². The van der Waals surface area contributed by atoms with Gasteiger partial charge in [0.25, 0.3) is 0 Å². The first kappa shape index (κ1) is 11.3. The molecule has 3 rings (SSSR count). The summed E-state index contributed by atoms with van der Waals surface area (Å²) < 4.78 is 0. The Balaban J connectivity index is 2.29. The number of anilines is 1. The molecule has 5 nitrogen and oxygen atoms in total. The third-order valence-corrected chi connectivity index (χ3v) is 2.98. The van der Waals surface area contributed by atoms with E-state index in [1.54, 1.807) is 0 Å². The molecule has 1 N–H and O–H groups in total. The van der Waals surface area contributed by atoms with Crippen molar-refractivity contribution in [3.8, 4) is 0 Å². The predicted octanol–water partition coefficient (Wildman–Crippen LogP) is 4.07. The lowest BCUT2D eigenvalue weighted by Crippen LogP contribution is -2.00. The van der Waals surface area contributed by atoms with Crippen molar-refractivity contribution in [2.75, 3.05) is 12.0 Å². The van der Waals surface area contributed by atoms with E-state index in [0.717, 1.165) is 27.5 Å². The molecule has 1 aromatic heterocycles. The summed E-state index contributed by atoms with van der Waals surface area (Å²) in [6.45, 7) is 0.217. The van der Waals surface area contributed by atoms with Gasteiger partial charge in [0.15, 0.2) is 0 Å². The molecule has 0 amide bonds. The fourth-order valence-corrected chi connectivity index (χ4v) is 2.18. The monoisotopic (exact) mass is 249 g/mol. The molecule has 0 unspecified atom stereocenters. The quantitative estimate of drug-likeness (QED) is 0.329. The zero-order valence-electron chi connectivity index (χ0n) is 10.1. The van der Waals surface area contributed by atoms with Crippen LogP contribution >= 0.6 is 0 Å². The molecule has 0 atom stereocenters. The van der Waals surface area contributed by atoms with E-state index in [4.69, 9.17) is 5.53 Å². The molecule has 3 aromatic rings. The van der Waals surface area contributed by atoms with Crippen molar-refractivity contribution in [2.24, 2.45) is 5.11 Å². The Bertz CT molecular complexity index is 736. The van der Waals surface area contributed by atoms with Crippen LogP contribution in [-0.4, -0.2) is 11.7 Å². The number of hydrogen-bond acceptors (Lipinski definition) is 3. The number of hydrogen-bond donors (Lipinski definition) is 1. The Labute approximate surface area is 109 Å². The van der Waals surface area contributed by atoms with E-state index in [1.807, 2.05) is 48.5 Å². The summed E-state index contributed by atoms with van der Waals surface area (Å²) >= 11 is 0. The van der Waals surface area contributed by atoms with Crippen LogP contribution in [0.3, 0.4) is 0 Å². The van der Waals surface area contributed by atoms with Gasteiger partial charge in [0.1, 0.15) is 0 Å². The largest absolute Gasteiger partial charge is 0.378 e. The van der Waals surface area contributed by atoms with Gasteiger partial charge in [-0.25, -0.2) is 4.98 Å². The lowest BCUT2D eigenvalue weighted by atomic mass is 10.1. The number of rotatable bonds is 3. The number of benzene rings is 2. The maximum absolute atomic E-state index is 8.38. The van der Waals surface area contributed by atoms with Gasteiger partial charge in [-0.2, -0.15) is 0 Å². The van der Waals surface area contributed by atoms with Crippen molar-refractivity contribution in [2.45, 2.75) is 0 Å². The molecule has 0 saturated heterocycles. The van der Waals surface area contributed by atoms with Gasteiger partial charge >= 0.3 is 0 Å². The first-order chi connectivity index (χ1) is 9.40. The average molecular weight is 249 g/mol. The predicted molar refractivity (Wildman–Crippen MR) is 76.9 cm³/mol. The topological polar surface area (TPSA) is 73.7 Å². The minimum Gasteiger partial charge on any atom is -0.378 e. The van der Waals surface area contributed by atoms with Crippen molar-refractivity contribution < 1.29 is 0 Å². The minimum absolute atomic E-state index is 0.217. The van der Waals surface area contributed by atoms with Gasteiger partial charge in [-0.05, 0) is 17.7 Å². The van der Waals surface area contributed by atoms with Crippen LogP contribution in [0.5, 0.6) is 0 Å². The Morgan fingerprint density at radius 1 is 1.00 bits per heavy atom. The Kier molecular flexibility index (Phi) is 2.88. The molecule has 2 aromatic carbocycles. The molecule has 19 heavy (non-hydrogen) atoms. The summed E-state index contributed by atoms with van der Waals surface area (Å²) in [5.74, 6) is 0. The zero-order chi connectivity index (χ0) is 13.1. The summed E-state index contributed by atoms with van der Waals surface area (Å²) in [7, 11) is 0. The maximum atomic E-state index is 8.38. The molecule has 0 aliphatic rings. The zero-order valence-corrected chi connectivity index (χ0v) is 10.1. The summed E-state index contributed by atoms with van der Waals surface area (Å²) in [6.07, 6.45) is 0. The standard InChI is InChI=1S/C14H11N5/c15-19-17-9-16-14-10-5-1-3-7-12(10)18-13-8-4-2-6-11(13)14/h1-8H,9H2,(H,16,18). The van der Waals surface area contributed by atoms with Crippen LogP contribution in [-0.2, 0) is 0 Å². The third kappa shape index (κ3) is 2.03. The summed E-state index contributed by atoms with van der Waals surface area (Å²) in [6, 6.07) is 15.8. The molecule has 0 spiro atoms. The number of fused-ring (bicyclic) bond motifs is 2. The van der Waals surface area contributed by atoms with Gasteiger partial charge < -0.3 is 5.32 Å². The van der Waals surface area contributed by atoms with E-state index in [-0.39, 0.29) is 6.67 Å². The van der Waals surface area contributed by atoms with E-state index >= 15 is 0 Å². The Hall–Kier alpha value is -2.78. The van der Waals surface area contributed by atoms with E-state index < -0.39 is 0 Å². The molecule has 1 heterocycles. The third-order valence-electron chi connectivity index (χ3n) is 2.98. The van der Waals surface area contributed by atoms with Crippen LogP contribution in [0.4, 0.5) is 5.69 Å². The highest BCUT2D eigenvalue weighted by Crippen LogP contribution is 2.30. The molecule has 5 heteroatoms. The summed E-state index contributed by atoms with van der Waals surface area (Å²) in [5.41, 5.74) is 11.2. The van der Waals surface area contributed by atoms with Gasteiger partial charge in [0, 0.05) is 15.7 Å². The molecule has 0 bridgehead atoms.